The molecule has 0 radical (unpaired) electrons. The molecule has 1 aliphatic heterocycles. The number of nitrogens with zero attached hydrogens (tertiary/aromatic N) is 1. The summed E-state index contributed by atoms with van der Waals surface area (Å²) >= 11 is 0. The molecule has 1 aliphatic rings. The van der Waals surface area contributed by atoms with Crippen LogP contribution in [0.4, 0.5) is 11.4 Å². The van der Waals surface area contributed by atoms with Crippen LogP contribution in [-0.2, 0) is 9.59 Å². The van der Waals surface area contributed by atoms with Crippen molar-refractivity contribution in [3.8, 4) is 11.5 Å². The van der Waals surface area contributed by atoms with Gasteiger partial charge in [-0.05, 0) is 24.3 Å². The number of para-hydroxylation sites is 3. The molecule has 7 heteroatoms. The molecule has 7 nitrogen and oxygen atoms in total. The number of carbonyl (C=O) groups is 2. The maximum atomic E-state index is 12.8. The Morgan fingerprint density at radius 1 is 1.07 bits per heavy atom. The highest BCUT2D eigenvalue weighted by Gasteiger charge is 2.27. The number of methoxy groups -OCH3 is 1. The van der Waals surface area contributed by atoms with Crippen molar-refractivity contribution in [1.82, 2.24) is 0 Å². The molecule has 2 heterocycles. The van der Waals surface area contributed by atoms with Gasteiger partial charge in [0, 0.05) is 16.8 Å². The second-order valence-electron chi connectivity index (χ2n) is 6.93. The van der Waals surface area contributed by atoms with E-state index >= 15 is 0 Å². The zero-order chi connectivity index (χ0) is 20.7. The first-order valence-corrected chi connectivity index (χ1v) is 9.45. The van der Waals surface area contributed by atoms with E-state index in [0.29, 0.717) is 28.5 Å². The summed E-state index contributed by atoms with van der Waals surface area (Å²) in [6.45, 7) is -0.237. The molecule has 0 atom stereocenters. The Kier molecular flexibility index (Phi) is 4.28. The first-order chi connectivity index (χ1) is 14.6. The highest BCUT2D eigenvalue weighted by atomic mass is 16.5. The molecule has 0 aliphatic carbocycles. The summed E-state index contributed by atoms with van der Waals surface area (Å²) in [5.74, 6) is 0.458. The Balaban J connectivity index is 1.44. The summed E-state index contributed by atoms with van der Waals surface area (Å²) < 4.78 is 16.8. The molecular formula is C23H18N2O5. The third-order valence-electron chi connectivity index (χ3n) is 5.08. The van der Waals surface area contributed by atoms with Gasteiger partial charge in [0.05, 0.1) is 18.5 Å². The summed E-state index contributed by atoms with van der Waals surface area (Å²) in [4.78, 5) is 26.5. The van der Waals surface area contributed by atoms with E-state index in [1.807, 2.05) is 36.4 Å². The molecule has 5 rings (SSSR count). The Morgan fingerprint density at radius 3 is 2.73 bits per heavy atom. The maximum Gasteiger partial charge on any atom is 0.265 e. The minimum atomic E-state index is -0.353. The molecule has 1 N–H and O–H groups in total. The Labute approximate surface area is 171 Å². The second-order valence-corrected chi connectivity index (χ2v) is 6.93. The van der Waals surface area contributed by atoms with Crippen LogP contribution in [0, 0.1) is 0 Å². The summed E-state index contributed by atoms with van der Waals surface area (Å²) in [6.07, 6.45) is 0. The van der Waals surface area contributed by atoms with E-state index in [1.165, 1.54) is 4.90 Å². The van der Waals surface area contributed by atoms with Gasteiger partial charge in [0.15, 0.2) is 6.61 Å². The average Bonchev–Trinajstić information content (AvgIpc) is 3.12. The monoisotopic (exact) mass is 402 g/mol. The minimum absolute atomic E-state index is 0.0987. The predicted molar refractivity (Wildman–Crippen MR) is 113 cm³/mol. The van der Waals surface area contributed by atoms with Gasteiger partial charge in [0.25, 0.3) is 5.91 Å². The van der Waals surface area contributed by atoms with Gasteiger partial charge in [-0.15, -0.1) is 0 Å². The smallest absolute Gasteiger partial charge is 0.265 e. The van der Waals surface area contributed by atoms with Crippen LogP contribution in [0.25, 0.3) is 21.9 Å². The minimum Gasteiger partial charge on any atom is -0.495 e. The van der Waals surface area contributed by atoms with Gasteiger partial charge in [0.1, 0.15) is 29.2 Å². The van der Waals surface area contributed by atoms with Crippen molar-refractivity contribution in [2.75, 3.05) is 30.5 Å². The number of hydrogen-bond acceptors (Lipinski definition) is 5. The van der Waals surface area contributed by atoms with Crippen LogP contribution in [0.3, 0.4) is 0 Å². The van der Waals surface area contributed by atoms with Crippen LogP contribution in [0.1, 0.15) is 0 Å². The molecule has 150 valence electrons. The normalized spacial score (nSPS) is 13.2. The summed E-state index contributed by atoms with van der Waals surface area (Å²) in [5, 5.41) is 4.71. The van der Waals surface area contributed by atoms with Gasteiger partial charge in [0.2, 0.25) is 5.91 Å². The number of nitrogens with one attached hydrogen (secondary N) is 1. The van der Waals surface area contributed by atoms with Crippen molar-refractivity contribution < 1.29 is 23.5 Å². The lowest BCUT2D eigenvalue weighted by Crippen LogP contribution is -2.43. The first-order valence-electron chi connectivity index (χ1n) is 9.45. The largest absolute Gasteiger partial charge is 0.495 e. The topological polar surface area (TPSA) is 81.0 Å². The SMILES string of the molecule is COc1cc2c(cc1NC(=O)CN1C(=O)COc3ccccc31)oc1ccccc12. The fraction of sp³-hybridized carbons (Fsp3) is 0.130. The van der Waals surface area contributed by atoms with Crippen molar-refractivity contribution in [1.29, 1.82) is 0 Å². The number of carbonyl (C=O) groups excluding carboxylic acids is 2. The van der Waals surface area contributed by atoms with Gasteiger partial charge in [-0.1, -0.05) is 30.3 Å². The van der Waals surface area contributed by atoms with Crippen LogP contribution in [0.2, 0.25) is 0 Å². The average molecular weight is 402 g/mol. The third kappa shape index (κ3) is 3.00. The predicted octanol–water partition coefficient (Wildman–Crippen LogP) is 3.96. The Hall–Kier alpha value is -4.00. The molecule has 0 bridgehead atoms. The highest BCUT2D eigenvalue weighted by molar-refractivity contribution is 6.09. The molecular weight excluding hydrogens is 384 g/mol. The van der Waals surface area contributed by atoms with Crippen molar-refractivity contribution in [2.45, 2.75) is 0 Å². The van der Waals surface area contributed by atoms with E-state index in [2.05, 4.69) is 5.32 Å². The van der Waals surface area contributed by atoms with Gasteiger partial charge < -0.3 is 19.2 Å². The van der Waals surface area contributed by atoms with Crippen LogP contribution in [0.5, 0.6) is 11.5 Å². The van der Waals surface area contributed by atoms with Crippen LogP contribution < -0.4 is 19.7 Å². The van der Waals surface area contributed by atoms with Crippen molar-refractivity contribution in [3.63, 3.8) is 0 Å². The number of fused-ring (bicyclic) bond motifs is 4. The molecule has 0 saturated carbocycles. The molecule has 0 unspecified atom stereocenters. The van der Waals surface area contributed by atoms with E-state index in [4.69, 9.17) is 13.9 Å². The molecule has 0 fully saturated rings. The fourth-order valence-electron chi connectivity index (χ4n) is 3.68. The zero-order valence-electron chi connectivity index (χ0n) is 16.2. The summed E-state index contributed by atoms with van der Waals surface area (Å²) in [7, 11) is 1.54. The van der Waals surface area contributed by atoms with Crippen LogP contribution in [-0.4, -0.2) is 32.1 Å². The Morgan fingerprint density at radius 2 is 1.87 bits per heavy atom. The highest BCUT2D eigenvalue weighted by Crippen LogP contribution is 2.36. The standard InChI is InChI=1S/C23H18N2O5/c1-28-21-10-15-14-6-2-4-8-18(14)30-20(15)11-16(21)24-22(26)12-25-17-7-3-5-9-19(17)29-13-23(25)27/h2-11H,12-13H2,1H3,(H,24,26). The van der Waals surface area contributed by atoms with Gasteiger partial charge in [-0.3, -0.25) is 14.5 Å². The summed E-state index contributed by atoms with van der Waals surface area (Å²) in [5.41, 5.74) is 2.44. The van der Waals surface area contributed by atoms with Gasteiger partial charge >= 0.3 is 0 Å². The van der Waals surface area contributed by atoms with Gasteiger partial charge in [-0.25, -0.2) is 0 Å². The zero-order valence-corrected chi connectivity index (χ0v) is 16.2. The second kappa shape index (κ2) is 7.11. The molecule has 0 saturated heterocycles. The number of amides is 2. The van der Waals surface area contributed by atoms with Crippen molar-refractivity contribution in [3.05, 3.63) is 60.7 Å². The summed E-state index contributed by atoms with van der Waals surface area (Å²) in [6, 6.07) is 18.4. The Bertz CT molecular complexity index is 1290. The van der Waals surface area contributed by atoms with Crippen molar-refractivity contribution in [2.24, 2.45) is 0 Å². The number of ether oxygens (including phenoxy) is 2. The third-order valence-corrected chi connectivity index (χ3v) is 5.08. The molecule has 4 aromatic rings. The van der Waals surface area contributed by atoms with E-state index in [9.17, 15) is 9.59 Å². The number of benzene rings is 3. The first kappa shape index (κ1) is 18.1. The number of furan rings is 1. The lowest BCUT2D eigenvalue weighted by molar-refractivity contribution is -0.123. The van der Waals surface area contributed by atoms with E-state index in [-0.39, 0.29) is 25.0 Å². The van der Waals surface area contributed by atoms with E-state index in [0.717, 1.165) is 16.4 Å². The maximum absolute atomic E-state index is 12.8. The molecule has 30 heavy (non-hydrogen) atoms. The quantitative estimate of drug-likeness (QED) is 0.559. The molecule has 1 aromatic heterocycles. The molecule has 3 aromatic carbocycles. The lowest BCUT2D eigenvalue weighted by atomic mass is 10.1. The van der Waals surface area contributed by atoms with Crippen molar-refractivity contribution >= 4 is 45.1 Å². The van der Waals surface area contributed by atoms with E-state index < -0.39 is 0 Å². The number of anilines is 2. The number of hydrogen-bond donors (Lipinski definition) is 1. The van der Waals surface area contributed by atoms with E-state index in [1.54, 1.807) is 31.4 Å². The fourth-order valence-corrected chi connectivity index (χ4v) is 3.68. The lowest BCUT2D eigenvalue weighted by Gasteiger charge is -2.28. The van der Waals surface area contributed by atoms with Crippen LogP contribution >= 0.6 is 0 Å². The van der Waals surface area contributed by atoms with Crippen LogP contribution in [0.15, 0.2) is 65.1 Å². The molecule has 0 spiro atoms. The van der Waals surface area contributed by atoms with Gasteiger partial charge in [-0.2, -0.15) is 0 Å². The molecule has 2 amide bonds. The number of rotatable bonds is 4.